The zero-order valence-corrected chi connectivity index (χ0v) is 9.46. The summed E-state index contributed by atoms with van der Waals surface area (Å²) in [6, 6.07) is 14.0. The summed E-state index contributed by atoms with van der Waals surface area (Å²) in [6.07, 6.45) is 0.812. The van der Waals surface area contributed by atoms with Crippen LogP contribution in [0, 0.1) is 0 Å². The van der Waals surface area contributed by atoms with Crippen LogP contribution in [-0.4, -0.2) is 11.4 Å². The van der Waals surface area contributed by atoms with Crippen LogP contribution in [0.1, 0.15) is 10.4 Å². The van der Waals surface area contributed by atoms with Crippen molar-refractivity contribution < 1.29 is 14.3 Å². The number of furan rings is 1. The summed E-state index contributed by atoms with van der Waals surface area (Å²) < 4.78 is 5.70. The zero-order valence-electron chi connectivity index (χ0n) is 9.46. The van der Waals surface area contributed by atoms with Crippen LogP contribution in [0.3, 0.4) is 0 Å². The van der Waals surface area contributed by atoms with E-state index in [2.05, 4.69) is 0 Å². The SMILES string of the molecule is O=Cc1ccc2oc(-c3ccc(O)cc3)cc2c1. The third-order valence-electron chi connectivity index (χ3n) is 2.83. The van der Waals surface area contributed by atoms with E-state index in [9.17, 15) is 9.90 Å². The second-order valence-corrected chi connectivity index (χ2v) is 4.07. The minimum atomic E-state index is 0.220. The van der Waals surface area contributed by atoms with E-state index >= 15 is 0 Å². The highest BCUT2D eigenvalue weighted by Gasteiger charge is 2.06. The number of hydrogen-bond acceptors (Lipinski definition) is 3. The third kappa shape index (κ3) is 1.76. The van der Waals surface area contributed by atoms with Crippen LogP contribution in [-0.2, 0) is 0 Å². The fraction of sp³-hybridized carbons (Fsp3) is 0. The average Bonchev–Trinajstić information content (AvgIpc) is 2.82. The molecule has 1 heterocycles. The Labute approximate surface area is 103 Å². The van der Waals surface area contributed by atoms with Crippen LogP contribution >= 0.6 is 0 Å². The van der Waals surface area contributed by atoms with E-state index in [1.807, 2.05) is 6.07 Å². The Morgan fingerprint density at radius 2 is 1.78 bits per heavy atom. The summed E-state index contributed by atoms with van der Waals surface area (Å²) in [4.78, 5) is 10.7. The highest BCUT2D eigenvalue weighted by molar-refractivity contribution is 5.88. The van der Waals surface area contributed by atoms with Gasteiger partial charge in [-0.3, -0.25) is 4.79 Å². The van der Waals surface area contributed by atoms with Gasteiger partial charge in [0.1, 0.15) is 23.4 Å². The molecule has 88 valence electrons. The van der Waals surface area contributed by atoms with Crippen LogP contribution in [0.15, 0.2) is 52.9 Å². The molecule has 0 saturated heterocycles. The molecule has 0 fully saturated rings. The van der Waals surface area contributed by atoms with Crippen molar-refractivity contribution >= 4 is 17.3 Å². The molecule has 3 heteroatoms. The molecule has 0 saturated carbocycles. The van der Waals surface area contributed by atoms with Crippen molar-refractivity contribution in [1.82, 2.24) is 0 Å². The fourth-order valence-corrected chi connectivity index (χ4v) is 1.90. The zero-order chi connectivity index (χ0) is 12.5. The maximum Gasteiger partial charge on any atom is 0.150 e. The van der Waals surface area contributed by atoms with Crippen LogP contribution < -0.4 is 0 Å². The Balaban J connectivity index is 2.12. The Morgan fingerprint density at radius 1 is 1.00 bits per heavy atom. The molecule has 2 aromatic carbocycles. The van der Waals surface area contributed by atoms with E-state index in [0.29, 0.717) is 11.3 Å². The molecule has 3 rings (SSSR count). The molecule has 0 atom stereocenters. The predicted octanol–water partition coefficient (Wildman–Crippen LogP) is 3.62. The summed E-state index contributed by atoms with van der Waals surface area (Å²) in [6.45, 7) is 0. The van der Waals surface area contributed by atoms with Gasteiger partial charge in [0, 0.05) is 16.5 Å². The van der Waals surface area contributed by atoms with Gasteiger partial charge in [0.15, 0.2) is 0 Å². The van der Waals surface area contributed by atoms with Crippen molar-refractivity contribution in [2.75, 3.05) is 0 Å². The smallest absolute Gasteiger partial charge is 0.150 e. The molecule has 3 aromatic rings. The van der Waals surface area contributed by atoms with Gasteiger partial charge in [0.2, 0.25) is 0 Å². The van der Waals surface area contributed by atoms with Gasteiger partial charge in [-0.15, -0.1) is 0 Å². The number of phenolic OH excluding ortho intramolecular Hbond substituents is 1. The largest absolute Gasteiger partial charge is 0.508 e. The minimum absolute atomic E-state index is 0.220. The number of carbonyl (C=O) groups is 1. The monoisotopic (exact) mass is 238 g/mol. The number of hydrogen-bond donors (Lipinski definition) is 1. The van der Waals surface area contributed by atoms with Crippen molar-refractivity contribution in [2.45, 2.75) is 0 Å². The molecule has 1 N–H and O–H groups in total. The first-order chi connectivity index (χ1) is 8.76. The number of carbonyl (C=O) groups excluding carboxylic acids is 1. The van der Waals surface area contributed by atoms with E-state index < -0.39 is 0 Å². The maximum absolute atomic E-state index is 10.7. The lowest BCUT2D eigenvalue weighted by Gasteiger charge is -1.95. The molecule has 3 nitrogen and oxygen atoms in total. The first-order valence-corrected chi connectivity index (χ1v) is 5.54. The first-order valence-electron chi connectivity index (χ1n) is 5.54. The number of aromatic hydroxyl groups is 1. The van der Waals surface area contributed by atoms with E-state index in [4.69, 9.17) is 4.42 Å². The second-order valence-electron chi connectivity index (χ2n) is 4.07. The van der Waals surface area contributed by atoms with Gasteiger partial charge in [-0.1, -0.05) is 0 Å². The number of phenols is 1. The Morgan fingerprint density at radius 3 is 2.50 bits per heavy atom. The lowest BCUT2D eigenvalue weighted by atomic mass is 10.1. The lowest BCUT2D eigenvalue weighted by Crippen LogP contribution is -1.75. The number of fused-ring (bicyclic) bond motifs is 1. The number of rotatable bonds is 2. The quantitative estimate of drug-likeness (QED) is 0.694. The fourth-order valence-electron chi connectivity index (χ4n) is 1.90. The molecule has 0 aliphatic rings. The van der Waals surface area contributed by atoms with Gasteiger partial charge in [-0.25, -0.2) is 0 Å². The molecular formula is C15H10O3. The summed E-state index contributed by atoms with van der Waals surface area (Å²) in [5.41, 5.74) is 2.25. The molecule has 0 aliphatic heterocycles. The highest BCUT2D eigenvalue weighted by atomic mass is 16.3. The minimum Gasteiger partial charge on any atom is -0.508 e. The summed E-state index contributed by atoms with van der Waals surface area (Å²) >= 11 is 0. The summed E-state index contributed by atoms with van der Waals surface area (Å²) in [5, 5.41) is 10.1. The maximum atomic E-state index is 10.7. The van der Waals surface area contributed by atoms with Gasteiger partial charge in [-0.2, -0.15) is 0 Å². The average molecular weight is 238 g/mol. The second kappa shape index (κ2) is 4.04. The topological polar surface area (TPSA) is 50.4 Å². The normalized spacial score (nSPS) is 10.7. The van der Waals surface area contributed by atoms with E-state index in [1.165, 1.54) is 0 Å². The molecule has 18 heavy (non-hydrogen) atoms. The first kappa shape index (κ1) is 10.6. The Hall–Kier alpha value is -2.55. The van der Waals surface area contributed by atoms with E-state index in [-0.39, 0.29) is 5.75 Å². The lowest BCUT2D eigenvalue weighted by molar-refractivity contribution is 0.112. The van der Waals surface area contributed by atoms with Crippen molar-refractivity contribution in [3.8, 4) is 17.1 Å². The third-order valence-corrected chi connectivity index (χ3v) is 2.83. The van der Waals surface area contributed by atoms with Gasteiger partial charge >= 0.3 is 0 Å². The van der Waals surface area contributed by atoms with E-state index in [0.717, 1.165) is 22.8 Å². The van der Waals surface area contributed by atoms with E-state index in [1.54, 1.807) is 42.5 Å². The summed E-state index contributed by atoms with van der Waals surface area (Å²) in [7, 11) is 0. The van der Waals surface area contributed by atoms with Gasteiger partial charge in [-0.05, 0) is 48.5 Å². The van der Waals surface area contributed by atoms with Crippen LogP contribution in [0.2, 0.25) is 0 Å². The summed E-state index contributed by atoms with van der Waals surface area (Å²) in [5.74, 6) is 0.936. The number of benzene rings is 2. The Bertz CT molecular complexity index is 708. The molecule has 0 radical (unpaired) electrons. The van der Waals surface area contributed by atoms with Crippen molar-refractivity contribution in [3.05, 3.63) is 54.1 Å². The molecule has 1 aromatic heterocycles. The molecule has 0 amide bonds. The van der Waals surface area contributed by atoms with Crippen LogP contribution in [0.5, 0.6) is 5.75 Å². The highest BCUT2D eigenvalue weighted by Crippen LogP contribution is 2.29. The van der Waals surface area contributed by atoms with Crippen molar-refractivity contribution in [1.29, 1.82) is 0 Å². The molecule has 0 aliphatic carbocycles. The Kier molecular flexibility index (Phi) is 2.38. The molecular weight excluding hydrogens is 228 g/mol. The van der Waals surface area contributed by atoms with Crippen LogP contribution in [0.4, 0.5) is 0 Å². The van der Waals surface area contributed by atoms with Crippen molar-refractivity contribution in [3.63, 3.8) is 0 Å². The molecule has 0 bridgehead atoms. The van der Waals surface area contributed by atoms with Gasteiger partial charge in [0.25, 0.3) is 0 Å². The molecule has 0 unspecified atom stereocenters. The number of aldehydes is 1. The molecule has 0 spiro atoms. The standard InChI is InChI=1S/C15H10O3/c16-9-10-1-6-14-12(7-10)8-15(18-14)11-2-4-13(17)5-3-11/h1-9,17H. The van der Waals surface area contributed by atoms with Gasteiger partial charge in [0.05, 0.1) is 0 Å². The van der Waals surface area contributed by atoms with Crippen molar-refractivity contribution in [2.24, 2.45) is 0 Å². The van der Waals surface area contributed by atoms with Gasteiger partial charge < -0.3 is 9.52 Å². The van der Waals surface area contributed by atoms with Crippen LogP contribution in [0.25, 0.3) is 22.3 Å². The predicted molar refractivity (Wildman–Crippen MR) is 68.7 cm³/mol.